The zero-order chi connectivity index (χ0) is 33.6. The molecule has 6 rings (SSSR count). The summed E-state index contributed by atoms with van der Waals surface area (Å²) in [5.74, 6) is 0.643. The van der Waals surface area contributed by atoms with Gasteiger partial charge in [-0.15, -0.1) is 0 Å². The van der Waals surface area contributed by atoms with Gasteiger partial charge < -0.3 is 14.2 Å². The Morgan fingerprint density at radius 1 is 0.979 bits per heavy atom. The van der Waals surface area contributed by atoms with Crippen molar-refractivity contribution in [3.63, 3.8) is 0 Å². The number of carbonyl (C=O) groups excluding carboxylic acids is 1. The van der Waals surface area contributed by atoms with Crippen LogP contribution in [-0.4, -0.2) is 23.8 Å². The second-order valence-electron chi connectivity index (χ2n) is 10.7. The average Bonchev–Trinajstić information content (AvgIpc) is 3.42. The third-order valence-corrected chi connectivity index (χ3v) is 8.83. The normalized spacial score (nSPS) is 14.1. The summed E-state index contributed by atoms with van der Waals surface area (Å²) in [6.07, 6.45) is 1.73. The van der Waals surface area contributed by atoms with Crippen molar-refractivity contribution in [2.24, 2.45) is 4.99 Å². The molecule has 240 valence electrons. The molecule has 0 aliphatic carbocycles. The van der Waals surface area contributed by atoms with Gasteiger partial charge in [0.05, 0.1) is 46.7 Å². The van der Waals surface area contributed by atoms with E-state index in [1.165, 1.54) is 11.3 Å². The second-order valence-corrected chi connectivity index (χ2v) is 12.2. The summed E-state index contributed by atoms with van der Waals surface area (Å²) >= 11 is 7.62. The van der Waals surface area contributed by atoms with Gasteiger partial charge in [0.25, 0.3) is 5.56 Å². The Morgan fingerprint density at radius 3 is 2.42 bits per heavy atom. The molecule has 1 aromatic heterocycles. The maximum Gasteiger partial charge on any atom is 0.338 e. The highest BCUT2D eigenvalue weighted by Crippen LogP contribution is 2.36. The zero-order valence-electron chi connectivity index (χ0n) is 26.2. The first-order valence-corrected chi connectivity index (χ1v) is 16.5. The molecule has 0 amide bonds. The summed E-state index contributed by atoms with van der Waals surface area (Å²) in [4.78, 5) is 33.4. The number of halogens is 1. The van der Waals surface area contributed by atoms with Gasteiger partial charge in [0.15, 0.2) is 4.80 Å². The van der Waals surface area contributed by atoms with E-state index >= 15 is 0 Å². The van der Waals surface area contributed by atoms with E-state index in [1.807, 2.05) is 73.7 Å². The first-order valence-electron chi connectivity index (χ1n) is 15.3. The molecule has 0 bridgehead atoms. The Labute approximate surface area is 286 Å². The van der Waals surface area contributed by atoms with E-state index in [-0.39, 0.29) is 24.3 Å². The summed E-state index contributed by atoms with van der Waals surface area (Å²) in [5, 5.41) is 9.59. The van der Waals surface area contributed by atoms with Crippen LogP contribution in [0.25, 0.3) is 11.8 Å². The van der Waals surface area contributed by atoms with Crippen LogP contribution in [0.4, 0.5) is 0 Å². The number of hydrogen-bond acceptors (Lipinski definition) is 8. The van der Waals surface area contributed by atoms with E-state index in [4.69, 9.17) is 36.1 Å². The molecule has 0 unspecified atom stereocenters. The number of nitrogens with zero attached hydrogens (tertiary/aromatic N) is 3. The smallest absolute Gasteiger partial charge is 0.338 e. The van der Waals surface area contributed by atoms with Crippen molar-refractivity contribution in [1.29, 1.82) is 5.26 Å². The van der Waals surface area contributed by atoms with Crippen LogP contribution < -0.4 is 24.4 Å². The molecule has 0 spiro atoms. The van der Waals surface area contributed by atoms with Crippen molar-refractivity contribution >= 4 is 40.7 Å². The Balaban J connectivity index is 1.51. The standard InChI is InChI=1S/C38H30ClN3O5S/c1-3-45-30-17-14-27(15-18-30)35-33(37(44)46-4-2)34(26-8-6-5-7-9-26)41-38-42(35)36(43)32(48-38)21-28-20-29(39)16-19-31(28)47-23-25-12-10-24(22-40)11-13-25/h5-21,35H,3-4,23H2,1-2H3/b32-21-/t35-/m0/s1. The van der Waals surface area contributed by atoms with Crippen LogP contribution in [0, 0.1) is 11.3 Å². The highest BCUT2D eigenvalue weighted by molar-refractivity contribution is 7.07. The molecule has 0 saturated heterocycles. The number of esters is 1. The minimum atomic E-state index is -0.820. The van der Waals surface area contributed by atoms with Gasteiger partial charge in [-0.3, -0.25) is 9.36 Å². The van der Waals surface area contributed by atoms with Crippen molar-refractivity contribution in [1.82, 2.24) is 4.57 Å². The first kappa shape index (κ1) is 32.5. The van der Waals surface area contributed by atoms with Gasteiger partial charge in [-0.05, 0) is 73.5 Å². The molecule has 4 aromatic carbocycles. The lowest BCUT2D eigenvalue weighted by Gasteiger charge is -2.26. The molecule has 48 heavy (non-hydrogen) atoms. The molecule has 8 nitrogen and oxygen atoms in total. The molecular formula is C38H30ClN3O5S. The van der Waals surface area contributed by atoms with Crippen LogP contribution in [0.5, 0.6) is 11.5 Å². The van der Waals surface area contributed by atoms with Gasteiger partial charge in [-0.1, -0.05) is 77.5 Å². The third-order valence-electron chi connectivity index (χ3n) is 7.62. The largest absolute Gasteiger partial charge is 0.494 e. The van der Waals surface area contributed by atoms with Crippen LogP contribution in [0.1, 0.15) is 47.7 Å². The van der Waals surface area contributed by atoms with Crippen molar-refractivity contribution in [3.05, 3.63) is 155 Å². The van der Waals surface area contributed by atoms with Crippen LogP contribution >= 0.6 is 22.9 Å². The van der Waals surface area contributed by atoms with Crippen molar-refractivity contribution in [2.75, 3.05) is 13.2 Å². The fourth-order valence-corrected chi connectivity index (χ4v) is 6.58. The van der Waals surface area contributed by atoms with Crippen molar-refractivity contribution in [2.45, 2.75) is 26.5 Å². The molecule has 2 heterocycles. The zero-order valence-corrected chi connectivity index (χ0v) is 27.8. The van der Waals surface area contributed by atoms with Gasteiger partial charge in [0.2, 0.25) is 0 Å². The topological polar surface area (TPSA) is 103 Å². The predicted octanol–water partition coefficient (Wildman–Crippen LogP) is 6.44. The number of carbonyl (C=O) groups is 1. The highest BCUT2D eigenvalue weighted by atomic mass is 35.5. The number of thiazole rings is 1. The van der Waals surface area contributed by atoms with E-state index in [9.17, 15) is 9.59 Å². The maximum absolute atomic E-state index is 14.4. The van der Waals surface area contributed by atoms with E-state index in [1.54, 1.807) is 47.9 Å². The van der Waals surface area contributed by atoms with Crippen LogP contribution in [0.3, 0.4) is 0 Å². The lowest BCUT2D eigenvalue weighted by atomic mass is 9.93. The molecule has 1 atom stereocenters. The maximum atomic E-state index is 14.4. The highest BCUT2D eigenvalue weighted by Gasteiger charge is 2.35. The molecule has 1 aliphatic rings. The molecule has 0 fully saturated rings. The summed E-state index contributed by atoms with van der Waals surface area (Å²) in [6, 6.07) is 30.4. The first-order chi connectivity index (χ1) is 23.4. The van der Waals surface area contributed by atoms with E-state index in [2.05, 4.69) is 6.07 Å². The number of aromatic nitrogens is 1. The quantitative estimate of drug-likeness (QED) is 0.158. The lowest BCUT2D eigenvalue weighted by molar-refractivity contribution is -0.138. The van der Waals surface area contributed by atoms with E-state index in [0.29, 0.717) is 54.8 Å². The molecule has 0 radical (unpaired) electrons. The summed E-state index contributed by atoms with van der Waals surface area (Å²) in [5.41, 5.74) is 3.84. The Bertz CT molecular complexity index is 2220. The Kier molecular flexibility index (Phi) is 9.86. The molecule has 0 N–H and O–H groups in total. The molecule has 0 saturated carbocycles. The number of nitriles is 1. The molecular weight excluding hydrogens is 646 g/mol. The van der Waals surface area contributed by atoms with E-state index in [0.717, 1.165) is 11.1 Å². The average molecular weight is 676 g/mol. The Hall–Kier alpha value is -5.43. The van der Waals surface area contributed by atoms with Gasteiger partial charge in [-0.2, -0.15) is 5.26 Å². The van der Waals surface area contributed by atoms with Crippen molar-refractivity contribution < 1.29 is 19.0 Å². The Morgan fingerprint density at radius 2 is 1.73 bits per heavy atom. The monoisotopic (exact) mass is 675 g/mol. The van der Waals surface area contributed by atoms with Gasteiger partial charge in [0.1, 0.15) is 18.1 Å². The number of hydrogen-bond donors (Lipinski definition) is 0. The number of fused-ring (bicyclic) bond motifs is 1. The molecule has 5 aromatic rings. The molecule has 1 aliphatic heterocycles. The third kappa shape index (κ3) is 6.81. The fourth-order valence-electron chi connectivity index (χ4n) is 5.41. The number of rotatable bonds is 10. The fraction of sp³-hybridized carbons (Fsp3) is 0.158. The lowest BCUT2D eigenvalue weighted by Crippen LogP contribution is -2.40. The SMILES string of the molecule is CCOC(=O)C1=C(c2ccccc2)N=c2s/c(=C\c3cc(Cl)ccc3OCc3ccc(C#N)cc3)c(=O)n2[C@H]1c1ccc(OCC)cc1. The van der Waals surface area contributed by atoms with Gasteiger partial charge in [-0.25, -0.2) is 9.79 Å². The minimum Gasteiger partial charge on any atom is -0.494 e. The summed E-state index contributed by atoms with van der Waals surface area (Å²) < 4.78 is 19.3. The predicted molar refractivity (Wildman–Crippen MR) is 186 cm³/mol. The number of benzene rings is 4. The number of ether oxygens (including phenoxy) is 3. The van der Waals surface area contributed by atoms with E-state index < -0.39 is 12.0 Å². The summed E-state index contributed by atoms with van der Waals surface area (Å²) in [6.45, 7) is 4.56. The van der Waals surface area contributed by atoms with Crippen LogP contribution in [0.2, 0.25) is 5.02 Å². The van der Waals surface area contributed by atoms with Crippen molar-refractivity contribution in [3.8, 4) is 17.6 Å². The summed E-state index contributed by atoms with van der Waals surface area (Å²) in [7, 11) is 0. The van der Waals surface area contributed by atoms with Gasteiger partial charge >= 0.3 is 5.97 Å². The molecule has 10 heteroatoms. The van der Waals surface area contributed by atoms with Gasteiger partial charge in [0, 0.05) is 16.1 Å². The second kappa shape index (κ2) is 14.6. The van der Waals surface area contributed by atoms with Crippen LogP contribution in [0.15, 0.2) is 112 Å². The van der Waals surface area contributed by atoms with Crippen LogP contribution in [-0.2, 0) is 16.1 Å². The minimum absolute atomic E-state index is 0.158.